The first-order valence-electron chi connectivity index (χ1n) is 7.45. The number of nitrogens with zero attached hydrogens (tertiary/aromatic N) is 1. The van der Waals surface area contributed by atoms with E-state index < -0.39 is 0 Å². The minimum Gasteiger partial charge on any atom is -0.398 e. The Kier molecular flexibility index (Phi) is 7.09. The van der Waals surface area contributed by atoms with Gasteiger partial charge < -0.3 is 11.1 Å². The van der Waals surface area contributed by atoms with Crippen molar-refractivity contribution < 1.29 is 4.79 Å². The van der Waals surface area contributed by atoms with Gasteiger partial charge in [-0.2, -0.15) is 0 Å². The van der Waals surface area contributed by atoms with E-state index in [-0.39, 0.29) is 11.9 Å². The van der Waals surface area contributed by atoms with Crippen LogP contribution in [0.15, 0.2) is 24.3 Å². The van der Waals surface area contributed by atoms with Crippen molar-refractivity contribution in [2.45, 2.75) is 46.2 Å². The highest BCUT2D eigenvalue weighted by atomic mass is 16.2. The maximum atomic E-state index is 12.1. The van der Waals surface area contributed by atoms with Gasteiger partial charge in [0, 0.05) is 18.8 Å². The average molecular weight is 277 g/mol. The fourth-order valence-electron chi connectivity index (χ4n) is 2.16. The van der Waals surface area contributed by atoms with Gasteiger partial charge >= 0.3 is 0 Å². The molecule has 4 heteroatoms. The molecule has 3 N–H and O–H groups in total. The van der Waals surface area contributed by atoms with E-state index in [9.17, 15) is 4.79 Å². The summed E-state index contributed by atoms with van der Waals surface area (Å²) in [5, 5.41) is 2.96. The minimum absolute atomic E-state index is 0.0924. The van der Waals surface area contributed by atoms with Crippen molar-refractivity contribution in [2.24, 2.45) is 0 Å². The molecule has 1 atom stereocenters. The summed E-state index contributed by atoms with van der Waals surface area (Å²) in [4.78, 5) is 14.3. The van der Waals surface area contributed by atoms with Crippen LogP contribution < -0.4 is 11.1 Å². The van der Waals surface area contributed by atoms with E-state index in [4.69, 9.17) is 5.73 Å². The lowest BCUT2D eigenvalue weighted by molar-refractivity contribution is -0.126. The van der Waals surface area contributed by atoms with Crippen LogP contribution in [0.2, 0.25) is 0 Å². The zero-order valence-electron chi connectivity index (χ0n) is 12.9. The number of anilines is 1. The van der Waals surface area contributed by atoms with Crippen LogP contribution in [-0.4, -0.2) is 29.9 Å². The molecule has 1 aromatic carbocycles. The second-order valence-corrected chi connectivity index (χ2v) is 5.14. The summed E-state index contributed by atoms with van der Waals surface area (Å²) in [5.74, 6) is 0.0924. The number of nitrogens with two attached hydrogens (primary N) is 1. The molecule has 112 valence electrons. The van der Waals surface area contributed by atoms with E-state index in [1.54, 1.807) is 0 Å². The topological polar surface area (TPSA) is 58.4 Å². The molecule has 0 aliphatic carbocycles. The summed E-state index contributed by atoms with van der Waals surface area (Å²) < 4.78 is 0. The third-order valence-corrected chi connectivity index (χ3v) is 3.42. The van der Waals surface area contributed by atoms with Crippen LogP contribution in [0.5, 0.6) is 0 Å². The molecule has 0 radical (unpaired) electrons. The zero-order valence-corrected chi connectivity index (χ0v) is 12.9. The summed E-state index contributed by atoms with van der Waals surface area (Å²) in [6.07, 6.45) is 1.97. The van der Waals surface area contributed by atoms with Crippen molar-refractivity contribution >= 4 is 11.6 Å². The van der Waals surface area contributed by atoms with Crippen LogP contribution in [0.1, 0.15) is 39.2 Å². The smallest absolute Gasteiger partial charge is 0.237 e. The Hall–Kier alpha value is -1.55. The van der Waals surface area contributed by atoms with E-state index in [1.807, 2.05) is 31.2 Å². The molecule has 4 nitrogen and oxygen atoms in total. The molecule has 0 heterocycles. The number of benzene rings is 1. The highest BCUT2D eigenvalue weighted by Gasteiger charge is 2.20. The monoisotopic (exact) mass is 277 g/mol. The lowest BCUT2D eigenvalue weighted by Crippen LogP contribution is -2.45. The molecule has 1 rings (SSSR count). The largest absolute Gasteiger partial charge is 0.398 e. The minimum atomic E-state index is -0.138. The number of nitrogen functional groups attached to an aromatic ring is 1. The van der Waals surface area contributed by atoms with Gasteiger partial charge in [-0.25, -0.2) is 0 Å². The summed E-state index contributed by atoms with van der Waals surface area (Å²) in [6.45, 7) is 8.46. The lowest BCUT2D eigenvalue weighted by Gasteiger charge is -2.28. The van der Waals surface area contributed by atoms with Crippen LogP contribution >= 0.6 is 0 Å². The highest BCUT2D eigenvalue weighted by Crippen LogP contribution is 2.15. The van der Waals surface area contributed by atoms with Gasteiger partial charge in [-0.05, 0) is 37.9 Å². The Morgan fingerprint density at radius 3 is 2.60 bits per heavy atom. The molecule has 0 aromatic heterocycles. The van der Waals surface area contributed by atoms with Crippen molar-refractivity contribution in [1.82, 2.24) is 10.2 Å². The van der Waals surface area contributed by atoms with E-state index in [0.717, 1.165) is 37.2 Å². The van der Waals surface area contributed by atoms with Crippen LogP contribution in [0.25, 0.3) is 0 Å². The Morgan fingerprint density at radius 1 is 1.30 bits per heavy atom. The number of hydrogen-bond acceptors (Lipinski definition) is 3. The molecular weight excluding hydrogens is 250 g/mol. The Bertz CT molecular complexity index is 420. The molecule has 1 amide bonds. The molecule has 0 spiro atoms. The molecule has 0 fully saturated rings. The molecule has 0 saturated carbocycles. The molecule has 0 bridgehead atoms. The number of hydrogen-bond donors (Lipinski definition) is 2. The number of amides is 1. The number of carbonyl (C=O) groups excluding carboxylic acids is 1. The van der Waals surface area contributed by atoms with Gasteiger partial charge in [0.05, 0.1) is 6.04 Å². The Balaban J connectivity index is 2.73. The maximum Gasteiger partial charge on any atom is 0.237 e. The van der Waals surface area contributed by atoms with Crippen molar-refractivity contribution in [3.05, 3.63) is 29.8 Å². The first kappa shape index (κ1) is 16.5. The second kappa shape index (κ2) is 8.59. The van der Waals surface area contributed by atoms with Crippen molar-refractivity contribution in [3.63, 3.8) is 0 Å². The fraction of sp³-hybridized carbons (Fsp3) is 0.562. The normalized spacial score (nSPS) is 12.4. The SMILES string of the molecule is CCCNC(=O)C(C)N(CCC)Cc1ccccc1N. The van der Waals surface area contributed by atoms with Crippen LogP contribution in [0.3, 0.4) is 0 Å². The average Bonchev–Trinajstić information content (AvgIpc) is 2.45. The Labute approximate surface area is 122 Å². The van der Waals surface area contributed by atoms with E-state index in [1.165, 1.54) is 0 Å². The first-order valence-corrected chi connectivity index (χ1v) is 7.45. The molecule has 0 saturated heterocycles. The maximum absolute atomic E-state index is 12.1. The molecular formula is C16H27N3O. The van der Waals surface area contributed by atoms with Crippen LogP contribution in [0, 0.1) is 0 Å². The van der Waals surface area contributed by atoms with Gasteiger partial charge in [0.2, 0.25) is 5.91 Å². The van der Waals surface area contributed by atoms with E-state index in [2.05, 4.69) is 24.1 Å². The fourth-order valence-corrected chi connectivity index (χ4v) is 2.16. The van der Waals surface area contributed by atoms with Gasteiger partial charge in [0.25, 0.3) is 0 Å². The predicted octanol–water partition coefficient (Wildman–Crippen LogP) is 2.40. The number of rotatable bonds is 8. The quantitative estimate of drug-likeness (QED) is 0.717. The standard InChI is InChI=1S/C16H27N3O/c1-4-10-18-16(20)13(3)19(11-5-2)12-14-8-6-7-9-15(14)17/h6-9,13H,4-5,10-12,17H2,1-3H3,(H,18,20). The number of nitrogens with one attached hydrogen (secondary N) is 1. The van der Waals surface area contributed by atoms with Crippen LogP contribution in [-0.2, 0) is 11.3 Å². The lowest BCUT2D eigenvalue weighted by atomic mass is 10.1. The number of para-hydroxylation sites is 1. The third kappa shape index (κ3) is 4.85. The third-order valence-electron chi connectivity index (χ3n) is 3.42. The van der Waals surface area contributed by atoms with Gasteiger partial charge in [-0.1, -0.05) is 32.0 Å². The Morgan fingerprint density at radius 2 is 2.00 bits per heavy atom. The van der Waals surface area contributed by atoms with Crippen molar-refractivity contribution in [1.29, 1.82) is 0 Å². The van der Waals surface area contributed by atoms with Crippen molar-refractivity contribution in [3.8, 4) is 0 Å². The zero-order chi connectivity index (χ0) is 15.0. The molecule has 0 aliphatic rings. The summed E-state index contributed by atoms with van der Waals surface area (Å²) in [6, 6.07) is 7.70. The molecule has 1 unspecified atom stereocenters. The van der Waals surface area contributed by atoms with E-state index in [0.29, 0.717) is 6.54 Å². The summed E-state index contributed by atoms with van der Waals surface area (Å²) in [7, 11) is 0. The van der Waals surface area contributed by atoms with Gasteiger partial charge in [-0.3, -0.25) is 9.69 Å². The number of carbonyl (C=O) groups is 1. The molecule has 1 aromatic rings. The van der Waals surface area contributed by atoms with Gasteiger partial charge in [0.1, 0.15) is 0 Å². The van der Waals surface area contributed by atoms with Crippen LogP contribution in [0.4, 0.5) is 5.69 Å². The highest BCUT2D eigenvalue weighted by molar-refractivity contribution is 5.81. The molecule has 20 heavy (non-hydrogen) atoms. The van der Waals surface area contributed by atoms with Crippen molar-refractivity contribution in [2.75, 3.05) is 18.8 Å². The summed E-state index contributed by atoms with van der Waals surface area (Å²) >= 11 is 0. The van der Waals surface area contributed by atoms with Gasteiger partial charge in [-0.15, -0.1) is 0 Å². The first-order chi connectivity index (χ1) is 9.60. The summed E-state index contributed by atoms with van der Waals surface area (Å²) in [5.41, 5.74) is 7.86. The molecule has 0 aliphatic heterocycles. The predicted molar refractivity (Wildman–Crippen MR) is 84.3 cm³/mol. The van der Waals surface area contributed by atoms with Gasteiger partial charge in [0.15, 0.2) is 0 Å². The second-order valence-electron chi connectivity index (χ2n) is 5.14. The van der Waals surface area contributed by atoms with E-state index >= 15 is 0 Å².